The van der Waals surface area contributed by atoms with Gasteiger partial charge in [-0.3, -0.25) is 4.79 Å². The summed E-state index contributed by atoms with van der Waals surface area (Å²) in [7, 11) is 0. The molecular weight excluding hydrogens is 267 g/mol. The Labute approximate surface area is 124 Å². The molecule has 110 valence electrons. The molecule has 0 aromatic heterocycles. The molecule has 3 N–H and O–H groups in total. The minimum atomic E-state index is -0.287. The highest BCUT2D eigenvalue weighted by Crippen LogP contribution is 2.15. The SMILES string of the molecule is C[C@H](NC(=O)c1ccccc1CCN)c1ccc(F)cc1. The van der Waals surface area contributed by atoms with Crippen LogP contribution < -0.4 is 11.1 Å². The van der Waals surface area contributed by atoms with E-state index in [4.69, 9.17) is 5.73 Å². The average Bonchev–Trinajstić information content (AvgIpc) is 2.48. The lowest BCUT2D eigenvalue weighted by Crippen LogP contribution is -2.27. The molecule has 0 aliphatic rings. The van der Waals surface area contributed by atoms with Gasteiger partial charge in [-0.05, 0) is 49.2 Å². The number of nitrogens with one attached hydrogen (secondary N) is 1. The molecule has 0 saturated heterocycles. The maximum atomic E-state index is 12.9. The van der Waals surface area contributed by atoms with Crippen LogP contribution in [0.3, 0.4) is 0 Å². The molecule has 0 heterocycles. The number of halogens is 1. The monoisotopic (exact) mass is 286 g/mol. The Hall–Kier alpha value is -2.20. The molecule has 1 atom stereocenters. The van der Waals surface area contributed by atoms with Crippen molar-refractivity contribution >= 4 is 5.91 Å². The summed E-state index contributed by atoms with van der Waals surface area (Å²) in [4.78, 5) is 12.4. The maximum Gasteiger partial charge on any atom is 0.252 e. The molecule has 21 heavy (non-hydrogen) atoms. The van der Waals surface area contributed by atoms with Crippen LogP contribution in [0.25, 0.3) is 0 Å². The van der Waals surface area contributed by atoms with Crippen LogP contribution in [0.1, 0.15) is 34.5 Å². The molecular formula is C17H19FN2O. The van der Waals surface area contributed by atoms with Crippen LogP contribution in [0.2, 0.25) is 0 Å². The van der Waals surface area contributed by atoms with Gasteiger partial charge in [-0.25, -0.2) is 4.39 Å². The van der Waals surface area contributed by atoms with Gasteiger partial charge in [0, 0.05) is 5.56 Å². The van der Waals surface area contributed by atoms with E-state index >= 15 is 0 Å². The molecule has 2 aromatic carbocycles. The van der Waals surface area contributed by atoms with Gasteiger partial charge in [0.1, 0.15) is 5.82 Å². The van der Waals surface area contributed by atoms with Crippen LogP contribution >= 0.6 is 0 Å². The van der Waals surface area contributed by atoms with E-state index < -0.39 is 0 Å². The first-order valence-electron chi connectivity index (χ1n) is 6.96. The van der Waals surface area contributed by atoms with Gasteiger partial charge < -0.3 is 11.1 Å². The molecule has 0 aliphatic heterocycles. The summed E-state index contributed by atoms with van der Waals surface area (Å²) in [5.74, 6) is -0.429. The second-order valence-corrected chi connectivity index (χ2v) is 4.94. The van der Waals surface area contributed by atoms with Gasteiger partial charge in [0.2, 0.25) is 0 Å². The van der Waals surface area contributed by atoms with E-state index in [1.165, 1.54) is 12.1 Å². The van der Waals surface area contributed by atoms with Crippen molar-refractivity contribution in [3.8, 4) is 0 Å². The van der Waals surface area contributed by atoms with Crippen LogP contribution in [-0.4, -0.2) is 12.5 Å². The van der Waals surface area contributed by atoms with Crippen molar-refractivity contribution < 1.29 is 9.18 Å². The number of benzene rings is 2. The van der Waals surface area contributed by atoms with Crippen LogP contribution in [0.4, 0.5) is 4.39 Å². The van der Waals surface area contributed by atoms with Crippen molar-refractivity contribution in [3.05, 3.63) is 71.0 Å². The van der Waals surface area contributed by atoms with Gasteiger partial charge in [-0.15, -0.1) is 0 Å². The van der Waals surface area contributed by atoms with E-state index in [1.807, 2.05) is 25.1 Å². The predicted octanol–water partition coefficient (Wildman–Crippen LogP) is 2.82. The highest BCUT2D eigenvalue weighted by molar-refractivity contribution is 5.95. The fourth-order valence-electron chi connectivity index (χ4n) is 2.22. The molecule has 2 aromatic rings. The number of carbonyl (C=O) groups excluding carboxylic acids is 1. The molecule has 3 nitrogen and oxygen atoms in total. The van der Waals surface area contributed by atoms with Gasteiger partial charge in [-0.1, -0.05) is 30.3 Å². The third kappa shape index (κ3) is 3.89. The summed E-state index contributed by atoms with van der Waals surface area (Å²) in [6.45, 7) is 2.37. The fraction of sp³-hybridized carbons (Fsp3) is 0.235. The lowest BCUT2D eigenvalue weighted by molar-refractivity contribution is 0.0939. The second kappa shape index (κ2) is 6.99. The first-order chi connectivity index (χ1) is 10.1. The summed E-state index contributed by atoms with van der Waals surface area (Å²) < 4.78 is 12.9. The van der Waals surface area contributed by atoms with Gasteiger partial charge in [0.25, 0.3) is 5.91 Å². The van der Waals surface area contributed by atoms with Crippen molar-refractivity contribution in [1.82, 2.24) is 5.32 Å². The number of hydrogen-bond acceptors (Lipinski definition) is 2. The summed E-state index contributed by atoms with van der Waals surface area (Å²) in [6.07, 6.45) is 0.661. The minimum absolute atomic E-state index is 0.143. The van der Waals surface area contributed by atoms with Gasteiger partial charge in [0.05, 0.1) is 6.04 Å². The summed E-state index contributed by atoms with van der Waals surface area (Å²) >= 11 is 0. The van der Waals surface area contributed by atoms with Crippen LogP contribution in [0.15, 0.2) is 48.5 Å². The first-order valence-corrected chi connectivity index (χ1v) is 6.96. The number of amides is 1. The number of nitrogens with two attached hydrogens (primary N) is 1. The zero-order valence-corrected chi connectivity index (χ0v) is 12.0. The highest BCUT2D eigenvalue weighted by atomic mass is 19.1. The summed E-state index contributed by atoms with van der Waals surface area (Å²) in [5, 5.41) is 2.93. The number of rotatable bonds is 5. The van der Waals surface area contributed by atoms with Crippen molar-refractivity contribution in [1.29, 1.82) is 0 Å². The number of hydrogen-bond donors (Lipinski definition) is 2. The Bertz CT molecular complexity index is 610. The molecule has 0 unspecified atom stereocenters. The minimum Gasteiger partial charge on any atom is -0.346 e. The molecule has 0 aliphatic carbocycles. The van der Waals surface area contributed by atoms with Gasteiger partial charge >= 0.3 is 0 Å². The molecule has 0 saturated carbocycles. The Morgan fingerprint density at radius 2 is 1.86 bits per heavy atom. The van der Waals surface area contributed by atoms with E-state index in [9.17, 15) is 9.18 Å². The van der Waals surface area contributed by atoms with Crippen LogP contribution in [0.5, 0.6) is 0 Å². The molecule has 0 bridgehead atoms. The molecule has 4 heteroatoms. The lowest BCUT2D eigenvalue weighted by atomic mass is 10.0. The normalized spacial score (nSPS) is 12.0. The van der Waals surface area contributed by atoms with E-state index in [1.54, 1.807) is 18.2 Å². The summed E-state index contributed by atoms with van der Waals surface area (Å²) in [6, 6.07) is 13.4. The van der Waals surface area contributed by atoms with Crippen LogP contribution in [-0.2, 0) is 6.42 Å². The zero-order valence-electron chi connectivity index (χ0n) is 12.0. The first kappa shape index (κ1) is 15.2. The Kier molecular flexibility index (Phi) is 5.06. The van der Waals surface area contributed by atoms with Crippen LogP contribution in [0, 0.1) is 5.82 Å². The lowest BCUT2D eigenvalue weighted by Gasteiger charge is -2.16. The van der Waals surface area contributed by atoms with E-state index in [-0.39, 0.29) is 17.8 Å². The Morgan fingerprint density at radius 1 is 1.19 bits per heavy atom. The molecule has 0 fully saturated rings. The topological polar surface area (TPSA) is 55.1 Å². The van der Waals surface area contributed by atoms with Crippen molar-refractivity contribution in [3.63, 3.8) is 0 Å². The molecule has 0 radical (unpaired) electrons. The van der Waals surface area contributed by atoms with E-state index in [2.05, 4.69) is 5.32 Å². The van der Waals surface area contributed by atoms with Crippen molar-refractivity contribution in [2.24, 2.45) is 5.73 Å². The molecule has 0 spiro atoms. The zero-order chi connectivity index (χ0) is 15.2. The Morgan fingerprint density at radius 3 is 2.52 bits per heavy atom. The van der Waals surface area contributed by atoms with Crippen molar-refractivity contribution in [2.45, 2.75) is 19.4 Å². The predicted molar refractivity (Wildman–Crippen MR) is 81.5 cm³/mol. The third-order valence-corrected chi connectivity index (χ3v) is 3.39. The van der Waals surface area contributed by atoms with Crippen molar-refractivity contribution in [2.75, 3.05) is 6.54 Å². The van der Waals surface area contributed by atoms with E-state index in [0.717, 1.165) is 11.1 Å². The maximum absolute atomic E-state index is 12.9. The second-order valence-electron chi connectivity index (χ2n) is 4.94. The quantitative estimate of drug-likeness (QED) is 0.888. The third-order valence-electron chi connectivity index (χ3n) is 3.39. The van der Waals surface area contributed by atoms with E-state index in [0.29, 0.717) is 18.5 Å². The van der Waals surface area contributed by atoms with Gasteiger partial charge in [0.15, 0.2) is 0 Å². The largest absolute Gasteiger partial charge is 0.346 e. The fourth-order valence-corrected chi connectivity index (χ4v) is 2.22. The Balaban J connectivity index is 2.12. The highest BCUT2D eigenvalue weighted by Gasteiger charge is 2.14. The average molecular weight is 286 g/mol. The molecule has 2 rings (SSSR count). The molecule has 1 amide bonds. The standard InChI is InChI=1S/C17H19FN2O/c1-12(13-6-8-15(18)9-7-13)20-17(21)16-5-3-2-4-14(16)10-11-19/h2-9,12H,10-11,19H2,1H3,(H,20,21)/t12-/m0/s1. The summed E-state index contributed by atoms with van der Waals surface area (Å²) in [5.41, 5.74) is 8.00. The van der Waals surface area contributed by atoms with Gasteiger partial charge in [-0.2, -0.15) is 0 Å². The smallest absolute Gasteiger partial charge is 0.252 e. The number of carbonyl (C=O) groups is 1.